The average Bonchev–Trinajstić information content (AvgIpc) is 2.41. The second-order valence-corrected chi connectivity index (χ2v) is 7.71. The number of ketones is 1. The van der Waals surface area contributed by atoms with E-state index < -0.39 is 0 Å². The third-order valence-corrected chi connectivity index (χ3v) is 4.60. The topological polar surface area (TPSA) is 17.1 Å². The predicted molar refractivity (Wildman–Crippen MR) is 87.8 cm³/mol. The largest absolute Gasteiger partial charge is 0.295 e. The molecule has 1 rings (SSSR count). The van der Waals surface area contributed by atoms with E-state index >= 15 is 0 Å². The Bertz CT molecular complexity index is 300. The first-order valence-corrected chi connectivity index (χ1v) is 8.62. The first-order chi connectivity index (χ1) is 9.40. The number of hydrogen-bond acceptors (Lipinski definition) is 1. The van der Waals surface area contributed by atoms with Gasteiger partial charge in [-0.05, 0) is 29.7 Å². The zero-order valence-corrected chi connectivity index (χ0v) is 14.1. The van der Waals surface area contributed by atoms with Crippen molar-refractivity contribution in [3.05, 3.63) is 12.2 Å². The van der Waals surface area contributed by atoms with Gasteiger partial charge in [-0.15, -0.1) is 0 Å². The molecule has 0 atom stereocenters. The monoisotopic (exact) mass is 278 g/mol. The van der Waals surface area contributed by atoms with Crippen molar-refractivity contribution in [3.63, 3.8) is 0 Å². The zero-order valence-electron chi connectivity index (χ0n) is 14.1. The minimum atomic E-state index is 0.119. The molecule has 1 nitrogen and oxygen atoms in total. The van der Waals surface area contributed by atoms with Crippen molar-refractivity contribution in [1.82, 2.24) is 0 Å². The van der Waals surface area contributed by atoms with Crippen LogP contribution >= 0.6 is 0 Å². The molecule has 1 aliphatic rings. The standard InChI is InChI=1S/C19H34O/c1-5-16-10-12-17(13-11-16)8-6-7-9-18(20)14-15-19(2,3)4/h14-17H,5-13H2,1-4H3/b15-14-. The molecule has 0 aliphatic heterocycles. The number of carbonyl (C=O) groups excluding carboxylic acids is 1. The van der Waals surface area contributed by atoms with E-state index in [1.54, 1.807) is 6.08 Å². The minimum absolute atomic E-state index is 0.119. The molecule has 116 valence electrons. The van der Waals surface area contributed by atoms with Crippen LogP contribution in [0.2, 0.25) is 0 Å². The summed E-state index contributed by atoms with van der Waals surface area (Å²) in [4.78, 5) is 11.7. The van der Waals surface area contributed by atoms with Gasteiger partial charge in [0.15, 0.2) is 5.78 Å². The molecule has 0 N–H and O–H groups in total. The van der Waals surface area contributed by atoms with Gasteiger partial charge < -0.3 is 0 Å². The fourth-order valence-electron chi connectivity index (χ4n) is 3.09. The van der Waals surface area contributed by atoms with Crippen molar-refractivity contribution in [3.8, 4) is 0 Å². The highest BCUT2D eigenvalue weighted by atomic mass is 16.1. The lowest BCUT2D eigenvalue weighted by atomic mass is 9.79. The molecule has 1 fully saturated rings. The van der Waals surface area contributed by atoms with E-state index in [0.29, 0.717) is 5.78 Å². The lowest BCUT2D eigenvalue weighted by molar-refractivity contribution is -0.114. The molecule has 0 heterocycles. The molecule has 0 unspecified atom stereocenters. The Morgan fingerprint density at radius 2 is 1.65 bits per heavy atom. The molecule has 0 aromatic carbocycles. The van der Waals surface area contributed by atoms with Crippen LogP contribution in [0.5, 0.6) is 0 Å². The van der Waals surface area contributed by atoms with Crippen molar-refractivity contribution < 1.29 is 4.79 Å². The Hall–Kier alpha value is -0.590. The van der Waals surface area contributed by atoms with Gasteiger partial charge in [-0.1, -0.05) is 78.7 Å². The second-order valence-electron chi connectivity index (χ2n) is 7.71. The number of allylic oxidation sites excluding steroid dienone is 2. The van der Waals surface area contributed by atoms with E-state index in [1.165, 1.54) is 44.9 Å². The van der Waals surface area contributed by atoms with Gasteiger partial charge >= 0.3 is 0 Å². The van der Waals surface area contributed by atoms with Crippen LogP contribution in [0.3, 0.4) is 0 Å². The molecular formula is C19H34O. The maximum absolute atomic E-state index is 11.7. The van der Waals surface area contributed by atoms with Gasteiger partial charge in [0.05, 0.1) is 0 Å². The third-order valence-electron chi connectivity index (χ3n) is 4.60. The van der Waals surface area contributed by atoms with Gasteiger partial charge in [-0.25, -0.2) is 0 Å². The molecule has 0 spiro atoms. The molecule has 0 aromatic heterocycles. The zero-order chi connectivity index (χ0) is 15.0. The number of hydrogen-bond donors (Lipinski definition) is 0. The van der Waals surface area contributed by atoms with Crippen LogP contribution in [0.25, 0.3) is 0 Å². The first kappa shape index (κ1) is 17.5. The van der Waals surface area contributed by atoms with E-state index in [4.69, 9.17) is 0 Å². The molecular weight excluding hydrogens is 244 g/mol. The van der Waals surface area contributed by atoms with Gasteiger partial charge in [0.2, 0.25) is 0 Å². The minimum Gasteiger partial charge on any atom is -0.295 e. The summed E-state index contributed by atoms with van der Waals surface area (Å²) in [6.45, 7) is 8.71. The van der Waals surface area contributed by atoms with Crippen LogP contribution in [0.1, 0.15) is 85.5 Å². The molecule has 0 radical (unpaired) electrons. The van der Waals surface area contributed by atoms with Gasteiger partial charge in [0.25, 0.3) is 0 Å². The van der Waals surface area contributed by atoms with Crippen molar-refractivity contribution in [2.75, 3.05) is 0 Å². The summed E-state index contributed by atoms with van der Waals surface area (Å²) in [6.07, 6.45) is 15.3. The SMILES string of the molecule is CCC1CCC(CCCCC(=O)/C=C\C(C)(C)C)CC1. The first-order valence-electron chi connectivity index (χ1n) is 8.62. The van der Waals surface area contributed by atoms with Gasteiger partial charge in [0.1, 0.15) is 0 Å². The lowest BCUT2D eigenvalue weighted by Crippen LogP contribution is -2.13. The highest BCUT2D eigenvalue weighted by Crippen LogP contribution is 2.33. The molecule has 1 saturated carbocycles. The van der Waals surface area contributed by atoms with Crippen molar-refractivity contribution >= 4 is 5.78 Å². The van der Waals surface area contributed by atoms with Gasteiger partial charge in [0, 0.05) is 6.42 Å². The molecule has 0 bridgehead atoms. The van der Waals surface area contributed by atoms with Crippen molar-refractivity contribution in [2.24, 2.45) is 17.3 Å². The van der Waals surface area contributed by atoms with Crippen LogP contribution in [0.15, 0.2) is 12.2 Å². The Morgan fingerprint density at radius 1 is 1.05 bits per heavy atom. The maximum atomic E-state index is 11.7. The molecule has 0 saturated heterocycles. The molecule has 20 heavy (non-hydrogen) atoms. The summed E-state index contributed by atoms with van der Waals surface area (Å²) in [6, 6.07) is 0. The Morgan fingerprint density at radius 3 is 2.20 bits per heavy atom. The van der Waals surface area contributed by atoms with E-state index in [9.17, 15) is 4.79 Å². The van der Waals surface area contributed by atoms with Crippen molar-refractivity contribution in [2.45, 2.75) is 85.5 Å². The van der Waals surface area contributed by atoms with Crippen LogP contribution < -0.4 is 0 Å². The number of unbranched alkanes of at least 4 members (excludes halogenated alkanes) is 1. The van der Waals surface area contributed by atoms with Crippen LogP contribution in [-0.2, 0) is 4.79 Å². The molecule has 0 amide bonds. The van der Waals surface area contributed by atoms with E-state index in [0.717, 1.165) is 24.7 Å². The fraction of sp³-hybridized carbons (Fsp3) is 0.842. The summed E-state index contributed by atoms with van der Waals surface area (Å²) >= 11 is 0. The fourth-order valence-corrected chi connectivity index (χ4v) is 3.09. The van der Waals surface area contributed by atoms with Crippen LogP contribution in [0.4, 0.5) is 0 Å². The third kappa shape index (κ3) is 7.87. The molecule has 1 aliphatic carbocycles. The summed E-state index contributed by atoms with van der Waals surface area (Å²) in [7, 11) is 0. The average molecular weight is 278 g/mol. The van der Waals surface area contributed by atoms with Crippen LogP contribution in [0, 0.1) is 17.3 Å². The summed E-state index contributed by atoms with van der Waals surface area (Å²) in [5.74, 6) is 2.24. The number of carbonyl (C=O) groups is 1. The quantitative estimate of drug-likeness (QED) is 0.416. The van der Waals surface area contributed by atoms with E-state index in [1.807, 2.05) is 6.08 Å². The second kappa shape index (κ2) is 8.64. The maximum Gasteiger partial charge on any atom is 0.155 e. The smallest absolute Gasteiger partial charge is 0.155 e. The number of rotatable bonds is 7. The molecule has 0 aromatic rings. The Kier molecular flexibility index (Phi) is 7.55. The Labute approximate surface area is 126 Å². The van der Waals surface area contributed by atoms with Gasteiger partial charge in [-0.3, -0.25) is 4.79 Å². The summed E-state index contributed by atoms with van der Waals surface area (Å²) < 4.78 is 0. The molecule has 1 heteroatoms. The van der Waals surface area contributed by atoms with Crippen LogP contribution in [-0.4, -0.2) is 5.78 Å². The highest BCUT2D eigenvalue weighted by Gasteiger charge is 2.19. The normalized spacial score (nSPS) is 24.2. The predicted octanol–water partition coefficient (Wildman–Crippen LogP) is 5.93. The van der Waals surface area contributed by atoms with E-state index in [-0.39, 0.29) is 5.41 Å². The van der Waals surface area contributed by atoms with Crippen molar-refractivity contribution in [1.29, 1.82) is 0 Å². The van der Waals surface area contributed by atoms with Gasteiger partial charge in [-0.2, -0.15) is 0 Å². The lowest BCUT2D eigenvalue weighted by Gasteiger charge is -2.27. The van der Waals surface area contributed by atoms with E-state index in [2.05, 4.69) is 27.7 Å². The summed E-state index contributed by atoms with van der Waals surface area (Å²) in [5.41, 5.74) is 0.119. The Balaban J connectivity index is 2.08. The summed E-state index contributed by atoms with van der Waals surface area (Å²) in [5, 5.41) is 0. The highest BCUT2D eigenvalue weighted by molar-refractivity contribution is 5.89.